The largest absolute Gasteiger partial charge is 0.492 e. The smallest absolute Gasteiger partial charge is 0.146 e. The molecule has 0 spiro atoms. The van der Waals surface area contributed by atoms with Gasteiger partial charge in [-0.05, 0) is 44.2 Å². The van der Waals surface area contributed by atoms with Gasteiger partial charge in [0, 0.05) is 41.3 Å². The van der Waals surface area contributed by atoms with Crippen molar-refractivity contribution in [1.29, 1.82) is 5.26 Å². The minimum atomic E-state index is 0.379. The van der Waals surface area contributed by atoms with Gasteiger partial charge >= 0.3 is 0 Å². The maximum atomic E-state index is 9.61. The summed E-state index contributed by atoms with van der Waals surface area (Å²) in [6.07, 6.45) is 3.19. The molecular formula is C24H20ClN5O2. The second kappa shape index (κ2) is 9.00. The SMILES string of the molecule is CCOc1cc2ncc(C#N)c(Nc3ccc(Oc4ccnc(C)c4)c(Cl)c3)c2cc1N. The van der Waals surface area contributed by atoms with E-state index < -0.39 is 0 Å². The highest BCUT2D eigenvalue weighted by Gasteiger charge is 2.14. The summed E-state index contributed by atoms with van der Waals surface area (Å²) in [6, 6.07) is 14.6. The first-order valence-electron chi connectivity index (χ1n) is 9.90. The third kappa shape index (κ3) is 4.36. The van der Waals surface area contributed by atoms with E-state index in [1.807, 2.05) is 26.0 Å². The number of aryl methyl sites for hydroxylation is 1. The highest BCUT2D eigenvalue weighted by atomic mass is 35.5. The zero-order valence-corrected chi connectivity index (χ0v) is 18.3. The zero-order chi connectivity index (χ0) is 22.7. The molecular weight excluding hydrogens is 426 g/mol. The molecule has 3 N–H and O–H groups in total. The van der Waals surface area contributed by atoms with Gasteiger partial charge in [0.1, 0.15) is 23.3 Å². The van der Waals surface area contributed by atoms with Crippen molar-refractivity contribution in [1.82, 2.24) is 9.97 Å². The van der Waals surface area contributed by atoms with Gasteiger partial charge in [0.05, 0.1) is 34.1 Å². The second-order valence-corrected chi connectivity index (χ2v) is 7.41. The predicted molar refractivity (Wildman–Crippen MR) is 126 cm³/mol. The lowest BCUT2D eigenvalue weighted by Gasteiger charge is -2.15. The summed E-state index contributed by atoms with van der Waals surface area (Å²) in [5.41, 5.74) is 9.77. The van der Waals surface area contributed by atoms with E-state index in [-0.39, 0.29) is 0 Å². The van der Waals surface area contributed by atoms with E-state index in [4.69, 9.17) is 26.8 Å². The van der Waals surface area contributed by atoms with Crippen molar-refractivity contribution in [3.63, 3.8) is 0 Å². The van der Waals surface area contributed by atoms with Crippen LogP contribution in [0.2, 0.25) is 5.02 Å². The number of nitrogens with two attached hydrogens (primary N) is 1. The van der Waals surface area contributed by atoms with Crippen molar-refractivity contribution in [2.75, 3.05) is 17.7 Å². The maximum absolute atomic E-state index is 9.61. The number of hydrogen-bond donors (Lipinski definition) is 2. The molecule has 7 nitrogen and oxygen atoms in total. The minimum absolute atomic E-state index is 0.379. The summed E-state index contributed by atoms with van der Waals surface area (Å²) in [5.74, 6) is 1.71. The fourth-order valence-electron chi connectivity index (χ4n) is 3.25. The van der Waals surface area contributed by atoms with E-state index in [9.17, 15) is 5.26 Å². The fraction of sp³-hybridized carbons (Fsp3) is 0.125. The number of hydrogen-bond acceptors (Lipinski definition) is 7. The van der Waals surface area contributed by atoms with Gasteiger partial charge in [-0.2, -0.15) is 5.26 Å². The van der Waals surface area contributed by atoms with Crippen LogP contribution in [0.25, 0.3) is 10.9 Å². The number of ether oxygens (including phenoxy) is 2. The molecule has 0 saturated carbocycles. The Bertz CT molecular complexity index is 1350. The van der Waals surface area contributed by atoms with Crippen LogP contribution in [0.15, 0.2) is 54.9 Å². The quantitative estimate of drug-likeness (QED) is 0.351. The fourth-order valence-corrected chi connectivity index (χ4v) is 3.47. The molecule has 32 heavy (non-hydrogen) atoms. The van der Waals surface area contributed by atoms with Gasteiger partial charge in [-0.25, -0.2) is 0 Å². The van der Waals surface area contributed by atoms with Crippen LogP contribution >= 0.6 is 11.6 Å². The van der Waals surface area contributed by atoms with Crippen molar-refractivity contribution in [2.24, 2.45) is 0 Å². The Morgan fingerprint density at radius 2 is 1.97 bits per heavy atom. The number of anilines is 3. The molecule has 0 saturated heterocycles. The second-order valence-electron chi connectivity index (χ2n) is 7.00. The van der Waals surface area contributed by atoms with Crippen LogP contribution < -0.4 is 20.5 Å². The number of nitriles is 1. The number of fused-ring (bicyclic) bond motifs is 1. The first-order valence-corrected chi connectivity index (χ1v) is 10.3. The molecule has 2 aromatic heterocycles. The average Bonchev–Trinajstić information content (AvgIpc) is 2.77. The lowest BCUT2D eigenvalue weighted by molar-refractivity contribution is 0.342. The number of nitrogen functional groups attached to an aromatic ring is 1. The van der Waals surface area contributed by atoms with Gasteiger partial charge in [0.25, 0.3) is 0 Å². The van der Waals surface area contributed by atoms with Gasteiger partial charge in [-0.1, -0.05) is 11.6 Å². The molecule has 2 aromatic carbocycles. The van der Waals surface area contributed by atoms with Crippen LogP contribution in [0.4, 0.5) is 17.1 Å². The van der Waals surface area contributed by atoms with Gasteiger partial charge < -0.3 is 20.5 Å². The normalized spacial score (nSPS) is 10.6. The van der Waals surface area contributed by atoms with Crippen LogP contribution in [0.3, 0.4) is 0 Å². The molecule has 0 unspecified atom stereocenters. The molecule has 2 heterocycles. The third-order valence-electron chi connectivity index (χ3n) is 4.72. The summed E-state index contributed by atoms with van der Waals surface area (Å²) in [5, 5.41) is 14.0. The Morgan fingerprint density at radius 1 is 1.12 bits per heavy atom. The predicted octanol–water partition coefficient (Wildman–Crippen LogP) is 5.98. The monoisotopic (exact) mass is 445 g/mol. The van der Waals surface area contributed by atoms with Crippen LogP contribution in [0, 0.1) is 18.3 Å². The summed E-state index contributed by atoms with van der Waals surface area (Å²) < 4.78 is 11.4. The topological polar surface area (TPSA) is 106 Å². The molecule has 8 heteroatoms. The molecule has 160 valence electrons. The first kappa shape index (κ1) is 21.2. The molecule has 0 amide bonds. The average molecular weight is 446 g/mol. The van der Waals surface area contributed by atoms with Crippen molar-refractivity contribution < 1.29 is 9.47 Å². The number of aromatic nitrogens is 2. The minimum Gasteiger partial charge on any atom is -0.492 e. The Balaban J connectivity index is 1.69. The Morgan fingerprint density at radius 3 is 2.69 bits per heavy atom. The Hall–Kier alpha value is -4.02. The number of halogens is 1. The van der Waals surface area contributed by atoms with Gasteiger partial charge in [0.2, 0.25) is 0 Å². The third-order valence-corrected chi connectivity index (χ3v) is 5.01. The molecule has 0 aliphatic heterocycles. The standard InChI is InChI=1S/C24H20ClN5O2/c1-3-31-23-11-21-18(10-20(23)27)24(15(12-26)13-29-21)30-16-4-5-22(19(25)9-16)32-17-6-7-28-14(2)8-17/h4-11,13H,3,27H2,1-2H3,(H,29,30). The van der Waals surface area contributed by atoms with Crippen LogP contribution in [-0.2, 0) is 0 Å². The van der Waals surface area contributed by atoms with E-state index >= 15 is 0 Å². The maximum Gasteiger partial charge on any atom is 0.146 e. The molecule has 0 fully saturated rings. The number of pyridine rings is 2. The molecule has 0 atom stereocenters. The van der Waals surface area contributed by atoms with Crippen molar-refractivity contribution >= 4 is 39.6 Å². The van der Waals surface area contributed by atoms with Crippen molar-refractivity contribution in [3.05, 3.63) is 71.1 Å². The Labute approximate surface area is 190 Å². The molecule has 0 bridgehead atoms. The van der Waals surface area contributed by atoms with E-state index in [1.54, 1.807) is 36.5 Å². The summed E-state index contributed by atoms with van der Waals surface area (Å²) in [4.78, 5) is 8.53. The molecule has 0 aliphatic carbocycles. The van der Waals surface area contributed by atoms with E-state index in [0.29, 0.717) is 62.4 Å². The van der Waals surface area contributed by atoms with Crippen LogP contribution in [0.1, 0.15) is 18.2 Å². The lowest BCUT2D eigenvalue weighted by atomic mass is 10.1. The number of nitrogens with one attached hydrogen (secondary N) is 1. The molecule has 0 aliphatic rings. The molecule has 0 radical (unpaired) electrons. The van der Waals surface area contributed by atoms with Crippen molar-refractivity contribution in [2.45, 2.75) is 13.8 Å². The van der Waals surface area contributed by atoms with Crippen LogP contribution in [-0.4, -0.2) is 16.6 Å². The summed E-state index contributed by atoms with van der Waals surface area (Å²) >= 11 is 6.46. The van der Waals surface area contributed by atoms with E-state index in [2.05, 4.69) is 21.4 Å². The van der Waals surface area contributed by atoms with Crippen LogP contribution in [0.5, 0.6) is 17.2 Å². The highest BCUT2D eigenvalue weighted by molar-refractivity contribution is 6.32. The van der Waals surface area contributed by atoms with Crippen molar-refractivity contribution in [3.8, 4) is 23.3 Å². The summed E-state index contributed by atoms with van der Waals surface area (Å²) in [6.45, 7) is 4.26. The van der Waals surface area contributed by atoms with E-state index in [0.717, 1.165) is 5.69 Å². The zero-order valence-electron chi connectivity index (χ0n) is 17.5. The van der Waals surface area contributed by atoms with Gasteiger partial charge in [-0.15, -0.1) is 0 Å². The first-order chi connectivity index (χ1) is 15.5. The van der Waals surface area contributed by atoms with Gasteiger partial charge in [-0.3, -0.25) is 9.97 Å². The number of benzene rings is 2. The van der Waals surface area contributed by atoms with E-state index in [1.165, 1.54) is 6.20 Å². The summed E-state index contributed by atoms with van der Waals surface area (Å²) in [7, 11) is 0. The highest BCUT2D eigenvalue weighted by Crippen LogP contribution is 2.37. The number of nitrogens with zero attached hydrogens (tertiary/aromatic N) is 3. The number of rotatable bonds is 6. The molecule has 4 aromatic rings. The Kier molecular flexibility index (Phi) is 5.97. The lowest BCUT2D eigenvalue weighted by Crippen LogP contribution is -2.00. The molecule has 4 rings (SSSR count). The van der Waals surface area contributed by atoms with Gasteiger partial charge in [0.15, 0.2) is 0 Å².